The van der Waals surface area contributed by atoms with Gasteiger partial charge in [-0.25, -0.2) is 0 Å². The molecule has 0 bridgehead atoms. The van der Waals surface area contributed by atoms with Crippen LogP contribution in [0.15, 0.2) is 17.0 Å². The fourth-order valence-corrected chi connectivity index (χ4v) is 4.58. The number of amides is 1. The van der Waals surface area contributed by atoms with Crippen LogP contribution in [0.3, 0.4) is 0 Å². The van der Waals surface area contributed by atoms with Crippen molar-refractivity contribution in [2.75, 3.05) is 20.8 Å². The fourth-order valence-electron chi connectivity index (χ4n) is 3.27. The lowest BCUT2D eigenvalue weighted by molar-refractivity contribution is -0.137. The van der Waals surface area contributed by atoms with Gasteiger partial charge in [0.2, 0.25) is 5.75 Å². The third-order valence-corrected chi connectivity index (χ3v) is 6.32. The summed E-state index contributed by atoms with van der Waals surface area (Å²) in [7, 11) is 2.90. The van der Waals surface area contributed by atoms with Gasteiger partial charge < -0.3 is 19.7 Å². The number of phenols is 1. The second kappa shape index (κ2) is 12.6. The molecular weight excluding hydrogens is 438 g/mol. The first-order chi connectivity index (χ1) is 14.9. The molecule has 0 aromatic heterocycles. The van der Waals surface area contributed by atoms with Crippen LogP contribution in [-0.2, 0) is 9.59 Å². The maximum Gasteiger partial charge on any atom is 0.303 e. The average Bonchev–Trinajstić information content (AvgIpc) is 3.00. The van der Waals surface area contributed by atoms with Crippen LogP contribution < -0.4 is 9.47 Å². The van der Waals surface area contributed by atoms with Crippen molar-refractivity contribution in [2.45, 2.75) is 51.4 Å². The van der Waals surface area contributed by atoms with Gasteiger partial charge in [-0.15, -0.1) is 0 Å². The van der Waals surface area contributed by atoms with Crippen LogP contribution in [0.2, 0.25) is 0 Å². The lowest BCUT2D eigenvalue weighted by Gasteiger charge is -2.14. The molecular formula is C22H29NO6S2. The topological polar surface area (TPSA) is 96.3 Å². The summed E-state index contributed by atoms with van der Waals surface area (Å²) in [5.74, 6) is -0.402. The van der Waals surface area contributed by atoms with Crippen molar-refractivity contribution in [3.05, 3.63) is 22.6 Å². The number of nitrogens with zero attached hydrogens (tertiary/aromatic N) is 1. The van der Waals surface area contributed by atoms with E-state index in [2.05, 4.69) is 0 Å². The van der Waals surface area contributed by atoms with E-state index in [1.807, 2.05) is 0 Å². The number of rotatable bonds is 13. The van der Waals surface area contributed by atoms with Gasteiger partial charge in [-0.2, -0.15) is 0 Å². The van der Waals surface area contributed by atoms with Crippen LogP contribution in [0, 0.1) is 0 Å². The summed E-state index contributed by atoms with van der Waals surface area (Å²) in [6.45, 7) is 0.587. The Morgan fingerprint density at radius 3 is 2.16 bits per heavy atom. The Labute approximate surface area is 192 Å². The zero-order valence-electron chi connectivity index (χ0n) is 17.9. The van der Waals surface area contributed by atoms with Gasteiger partial charge >= 0.3 is 5.97 Å². The molecule has 1 saturated heterocycles. The van der Waals surface area contributed by atoms with Gasteiger partial charge in [-0.3, -0.25) is 14.5 Å². The summed E-state index contributed by atoms with van der Waals surface area (Å²) in [5, 5.41) is 18.7. The Morgan fingerprint density at radius 1 is 1.06 bits per heavy atom. The van der Waals surface area contributed by atoms with Gasteiger partial charge in [-0.05, 0) is 36.6 Å². The van der Waals surface area contributed by atoms with E-state index in [1.165, 1.54) is 26.0 Å². The third-order valence-electron chi connectivity index (χ3n) is 4.95. The van der Waals surface area contributed by atoms with E-state index in [1.54, 1.807) is 23.1 Å². The standard InChI is InChI=1S/C22H29NO6S2/c1-28-16-12-15(13-17(29-2)20(16)26)14-18-21(27)23(22(30)31-18)11-9-7-5-3-4-6-8-10-19(24)25/h12-14,26H,3-11H2,1-2H3,(H,24,25)/b18-14-. The van der Waals surface area contributed by atoms with Gasteiger partial charge in [0, 0.05) is 13.0 Å². The number of hydrogen-bond donors (Lipinski definition) is 2. The summed E-state index contributed by atoms with van der Waals surface area (Å²) in [6, 6.07) is 3.28. The number of carbonyl (C=O) groups excluding carboxylic acids is 1. The molecule has 0 saturated carbocycles. The largest absolute Gasteiger partial charge is 0.502 e. The number of methoxy groups -OCH3 is 2. The molecule has 0 aliphatic carbocycles. The number of aromatic hydroxyl groups is 1. The first kappa shape index (κ1) is 25.0. The monoisotopic (exact) mass is 467 g/mol. The molecule has 2 N–H and O–H groups in total. The summed E-state index contributed by atoms with van der Waals surface area (Å²) >= 11 is 6.65. The Kier molecular flexibility index (Phi) is 10.1. The van der Waals surface area contributed by atoms with Crippen molar-refractivity contribution in [3.8, 4) is 17.2 Å². The van der Waals surface area contributed by atoms with E-state index in [0.29, 0.717) is 21.3 Å². The molecule has 1 fully saturated rings. The second-order valence-electron chi connectivity index (χ2n) is 7.23. The van der Waals surface area contributed by atoms with Gasteiger partial charge in [0.05, 0.1) is 19.1 Å². The Hall–Kier alpha value is -2.26. The lowest BCUT2D eigenvalue weighted by atomic mass is 10.1. The molecule has 2 rings (SSSR count). The maximum atomic E-state index is 12.8. The molecule has 1 aliphatic rings. The minimum Gasteiger partial charge on any atom is -0.502 e. The molecule has 1 aliphatic heterocycles. The smallest absolute Gasteiger partial charge is 0.303 e. The normalized spacial score (nSPS) is 15.0. The van der Waals surface area contributed by atoms with E-state index in [0.717, 1.165) is 44.9 Å². The number of carboxylic acids is 1. The van der Waals surface area contributed by atoms with Crippen LogP contribution in [0.25, 0.3) is 6.08 Å². The quantitative estimate of drug-likeness (QED) is 0.242. The zero-order valence-corrected chi connectivity index (χ0v) is 19.5. The van der Waals surface area contributed by atoms with E-state index >= 15 is 0 Å². The molecule has 1 amide bonds. The summed E-state index contributed by atoms with van der Waals surface area (Å²) in [4.78, 5) is 25.4. The van der Waals surface area contributed by atoms with Crippen LogP contribution in [-0.4, -0.2) is 52.1 Å². The maximum absolute atomic E-state index is 12.8. The number of thioether (sulfide) groups is 1. The molecule has 0 radical (unpaired) electrons. The summed E-state index contributed by atoms with van der Waals surface area (Å²) in [6.07, 6.45) is 8.68. The molecule has 1 heterocycles. The number of carboxylic acid groups (broad SMARTS) is 1. The van der Waals surface area contributed by atoms with Crippen molar-refractivity contribution < 1.29 is 29.3 Å². The number of aliphatic carboxylic acids is 1. The molecule has 170 valence electrons. The SMILES string of the molecule is COc1cc(/C=C2\SC(=S)N(CCCCCCCCCC(=O)O)C2=O)cc(OC)c1O. The predicted molar refractivity (Wildman–Crippen MR) is 126 cm³/mol. The van der Waals surface area contributed by atoms with Crippen molar-refractivity contribution in [1.82, 2.24) is 4.90 Å². The first-order valence-corrected chi connectivity index (χ1v) is 11.5. The van der Waals surface area contributed by atoms with Crippen molar-refractivity contribution in [2.24, 2.45) is 0 Å². The van der Waals surface area contributed by atoms with Gasteiger partial charge in [0.25, 0.3) is 5.91 Å². The molecule has 31 heavy (non-hydrogen) atoms. The summed E-state index contributed by atoms with van der Waals surface area (Å²) in [5.41, 5.74) is 0.676. The lowest BCUT2D eigenvalue weighted by Crippen LogP contribution is -2.29. The van der Waals surface area contributed by atoms with Crippen molar-refractivity contribution in [1.29, 1.82) is 0 Å². The number of carbonyl (C=O) groups is 2. The Bertz CT molecular complexity index is 814. The Balaban J connectivity index is 1.84. The molecule has 0 atom stereocenters. The number of phenolic OH excluding ortho intramolecular Hbond substituents is 1. The fraction of sp³-hybridized carbons (Fsp3) is 0.500. The molecule has 1 aromatic carbocycles. The highest BCUT2D eigenvalue weighted by Crippen LogP contribution is 2.39. The summed E-state index contributed by atoms with van der Waals surface area (Å²) < 4.78 is 10.9. The number of benzene rings is 1. The molecule has 7 nitrogen and oxygen atoms in total. The average molecular weight is 468 g/mol. The zero-order chi connectivity index (χ0) is 22.8. The third kappa shape index (κ3) is 7.43. The van der Waals surface area contributed by atoms with Crippen molar-refractivity contribution in [3.63, 3.8) is 0 Å². The van der Waals surface area contributed by atoms with E-state index < -0.39 is 5.97 Å². The van der Waals surface area contributed by atoms with Crippen LogP contribution in [0.4, 0.5) is 0 Å². The van der Waals surface area contributed by atoms with Crippen LogP contribution >= 0.6 is 24.0 Å². The number of ether oxygens (including phenoxy) is 2. The minimum atomic E-state index is -0.735. The van der Waals surface area contributed by atoms with E-state index in [9.17, 15) is 14.7 Å². The highest BCUT2D eigenvalue weighted by Gasteiger charge is 2.31. The number of hydrogen-bond acceptors (Lipinski definition) is 7. The number of thiocarbonyl (C=S) groups is 1. The van der Waals surface area contributed by atoms with Gasteiger partial charge in [-0.1, -0.05) is 56.1 Å². The van der Waals surface area contributed by atoms with E-state index in [4.69, 9.17) is 26.8 Å². The Morgan fingerprint density at radius 2 is 1.61 bits per heavy atom. The van der Waals surface area contributed by atoms with Gasteiger partial charge in [0.15, 0.2) is 11.5 Å². The first-order valence-electron chi connectivity index (χ1n) is 10.3. The molecule has 0 spiro atoms. The molecule has 1 aromatic rings. The minimum absolute atomic E-state index is 0.0865. The van der Waals surface area contributed by atoms with Crippen molar-refractivity contribution >= 4 is 46.3 Å². The highest BCUT2D eigenvalue weighted by atomic mass is 32.2. The highest BCUT2D eigenvalue weighted by molar-refractivity contribution is 8.26. The van der Waals surface area contributed by atoms with Crippen LogP contribution in [0.5, 0.6) is 17.2 Å². The predicted octanol–water partition coefficient (Wildman–Crippen LogP) is 4.82. The van der Waals surface area contributed by atoms with E-state index in [-0.39, 0.29) is 29.6 Å². The molecule has 9 heteroatoms. The number of unbranched alkanes of at least 4 members (excludes halogenated alkanes) is 6. The van der Waals surface area contributed by atoms with Gasteiger partial charge in [0.1, 0.15) is 4.32 Å². The van der Waals surface area contributed by atoms with Crippen LogP contribution in [0.1, 0.15) is 56.9 Å². The molecule has 0 unspecified atom stereocenters. The second-order valence-corrected chi connectivity index (χ2v) is 8.90.